The Bertz CT molecular complexity index is 577. The van der Waals surface area contributed by atoms with Crippen molar-refractivity contribution in [2.45, 2.75) is 25.8 Å². The zero-order valence-electron chi connectivity index (χ0n) is 12.4. The van der Waals surface area contributed by atoms with Crippen LogP contribution in [0.25, 0.3) is 0 Å². The van der Waals surface area contributed by atoms with Crippen molar-refractivity contribution in [2.24, 2.45) is 0 Å². The standard InChI is InChI=1S/C19H21NO/c1-3-11-17(4-2)20(18-14-9-6-10-15-18)19(21)16-12-7-5-8-13-16/h4-10,12-15,17H,2-3,11H2,1H3. The highest BCUT2D eigenvalue weighted by Gasteiger charge is 2.23. The summed E-state index contributed by atoms with van der Waals surface area (Å²) >= 11 is 0. The highest BCUT2D eigenvalue weighted by molar-refractivity contribution is 6.06. The van der Waals surface area contributed by atoms with Crippen molar-refractivity contribution in [3.63, 3.8) is 0 Å². The van der Waals surface area contributed by atoms with Crippen LogP contribution in [0.5, 0.6) is 0 Å². The monoisotopic (exact) mass is 279 g/mol. The Balaban J connectivity index is 2.40. The molecule has 0 radical (unpaired) electrons. The van der Waals surface area contributed by atoms with Crippen molar-refractivity contribution in [2.75, 3.05) is 4.90 Å². The molecule has 0 N–H and O–H groups in total. The van der Waals surface area contributed by atoms with E-state index in [4.69, 9.17) is 0 Å². The first-order valence-electron chi connectivity index (χ1n) is 7.34. The third-order valence-corrected chi connectivity index (χ3v) is 3.46. The number of carbonyl (C=O) groups excluding carboxylic acids is 1. The first-order chi connectivity index (χ1) is 10.3. The van der Waals surface area contributed by atoms with E-state index in [0.29, 0.717) is 5.56 Å². The molecule has 2 nitrogen and oxygen atoms in total. The smallest absolute Gasteiger partial charge is 0.258 e. The Morgan fingerprint density at radius 1 is 1.10 bits per heavy atom. The Hall–Kier alpha value is -2.35. The molecule has 0 heterocycles. The second kappa shape index (κ2) is 7.44. The summed E-state index contributed by atoms with van der Waals surface area (Å²) in [6, 6.07) is 19.2. The maximum Gasteiger partial charge on any atom is 0.258 e. The van der Waals surface area contributed by atoms with E-state index in [1.165, 1.54) is 0 Å². The molecule has 0 spiro atoms. The van der Waals surface area contributed by atoms with Gasteiger partial charge in [-0.2, -0.15) is 0 Å². The lowest BCUT2D eigenvalue weighted by molar-refractivity contribution is 0.0980. The fourth-order valence-corrected chi connectivity index (χ4v) is 2.42. The highest BCUT2D eigenvalue weighted by atomic mass is 16.2. The SMILES string of the molecule is C=CC(CCC)N(C(=O)c1ccccc1)c1ccccc1. The Morgan fingerprint density at radius 3 is 2.19 bits per heavy atom. The Labute approximate surface area is 126 Å². The van der Waals surface area contributed by atoms with Crippen LogP contribution in [0.3, 0.4) is 0 Å². The van der Waals surface area contributed by atoms with E-state index in [0.717, 1.165) is 18.5 Å². The largest absolute Gasteiger partial charge is 0.302 e. The molecule has 0 saturated heterocycles. The molecule has 1 amide bonds. The van der Waals surface area contributed by atoms with Crippen LogP contribution in [-0.4, -0.2) is 11.9 Å². The summed E-state index contributed by atoms with van der Waals surface area (Å²) in [4.78, 5) is 14.7. The van der Waals surface area contributed by atoms with Crippen LogP contribution in [0.15, 0.2) is 73.3 Å². The average molecular weight is 279 g/mol. The number of para-hydroxylation sites is 1. The molecule has 1 unspecified atom stereocenters. The molecule has 0 aromatic heterocycles. The molecule has 2 rings (SSSR count). The van der Waals surface area contributed by atoms with Crippen LogP contribution in [0, 0.1) is 0 Å². The van der Waals surface area contributed by atoms with Gasteiger partial charge in [-0.05, 0) is 30.7 Å². The van der Waals surface area contributed by atoms with E-state index in [1.807, 2.05) is 71.6 Å². The first kappa shape index (κ1) is 15.0. The number of amides is 1. The zero-order chi connectivity index (χ0) is 15.1. The minimum atomic E-state index is 0.00473. The predicted molar refractivity (Wildman–Crippen MR) is 88.6 cm³/mol. The summed E-state index contributed by atoms with van der Waals surface area (Å²) < 4.78 is 0. The normalized spacial score (nSPS) is 11.7. The number of hydrogen-bond donors (Lipinski definition) is 0. The van der Waals surface area contributed by atoms with E-state index in [1.54, 1.807) is 0 Å². The van der Waals surface area contributed by atoms with Crippen molar-refractivity contribution in [3.05, 3.63) is 78.9 Å². The van der Waals surface area contributed by atoms with E-state index in [2.05, 4.69) is 13.5 Å². The molecule has 2 aromatic rings. The van der Waals surface area contributed by atoms with Gasteiger partial charge < -0.3 is 4.90 Å². The van der Waals surface area contributed by atoms with E-state index < -0.39 is 0 Å². The van der Waals surface area contributed by atoms with Gasteiger partial charge in [-0.1, -0.05) is 55.8 Å². The van der Waals surface area contributed by atoms with Gasteiger partial charge in [-0.25, -0.2) is 0 Å². The molecule has 0 bridgehead atoms. The molecule has 2 aromatic carbocycles. The van der Waals surface area contributed by atoms with Gasteiger partial charge in [0.05, 0.1) is 6.04 Å². The van der Waals surface area contributed by atoms with E-state index >= 15 is 0 Å². The minimum Gasteiger partial charge on any atom is -0.302 e. The third-order valence-electron chi connectivity index (χ3n) is 3.46. The molecular weight excluding hydrogens is 258 g/mol. The van der Waals surface area contributed by atoms with Crippen molar-refractivity contribution < 1.29 is 4.79 Å². The second-order valence-corrected chi connectivity index (χ2v) is 4.97. The van der Waals surface area contributed by atoms with Crippen molar-refractivity contribution >= 4 is 11.6 Å². The number of nitrogens with zero attached hydrogens (tertiary/aromatic N) is 1. The van der Waals surface area contributed by atoms with Crippen molar-refractivity contribution in [3.8, 4) is 0 Å². The maximum absolute atomic E-state index is 12.9. The summed E-state index contributed by atoms with van der Waals surface area (Å²) in [5.41, 5.74) is 1.61. The number of rotatable bonds is 6. The van der Waals surface area contributed by atoms with Gasteiger partial charge in [0.2, 0.25) is 0 Å². The Morgan fingerprint density at radius 2 is 1.67 bits per heavy atom. The maximum atomic E-state index is 12.9. The fourth-order valence-electron chi connectivity index (χ4n) is 2.42. The first-order valence-corrected chi connectivity index (χ1v) is 7.34. The summed E-state index contributed by atoms with van der Waals surface area (Å²) in [5.74, 6) is 0.0140. The lowest BCUT2D eigenvalue weighted by Crippen LogP contribution is -2.39. The van der Waals surface area contributed by atoms with Crippen LogP contribution in [0.2, 0.25) is 0 Å². The molecule has 108 valence electrons. The number of hydrogen-bond acceptors (Lipinski definition) is 1. The fraction of sp³-hybridized carbons (Fsp3) is 0.211. The van der Waals surface area contributed by atoms with Crippen LogP contribution in [0.4, 0.5) is 5.69 Å². The van der Waals surface area contributed by atoms with Gasteiger partial charge in [0.15, 0.2) is 0 Å². The van der Waals surface area contributed by atoms with Crippen LogP contribution < -0.4 is 4.90 Å². The van der Waals surface area contributed by atoms with Gasteiger partial charge in [-0.15, -0.1) is 6.58 Å². The molecule has 0 aliphatic heterocycles. The van der Waals surface area contributed by atoms with Crippen molar-refractivity contribution in [1.82, 2.24) is 0 Å². The summed E-state index contributed by atoms with van der Waals surface area (Å²) in [7, 11) is 0. The molecule has 0 saturated carbocycles. The van der Waals surface area contributed by atoms with Gasteiger partial charge in [0, 0.05) is 11.3 Å². The number of carbonyl (C=O) groups is 1. The molecule has 21 heavy (non-hydrogen) atoms. The van der Waals surface area contributed by atoms with Crippen LogP contribution in [-0.2, 0) is 0 Å². The number of benzene rings is 2. The van der Waals surface area contributed by atoms with E-state index in [9.17, 15) is 4.79 Å². The van der Waals surface area contributed by atoms with Gasteiger partial charge >= 0.3 is 0 Å². The zero-order valence-corrected chi connectivity index (χ0v) is 12.4. The van der Waals surface area contributed by atoms with Gasteiger partial charge in [0.25, 0.3) is 5.91 Å². The second-order valence-electron chi connectivity index (χ2n) is 4.97. The quantitative estimate of drug-likeness (QED) is 0.703. The average Bonchev–Trinajstić information content (AvgIpc) is 2.56. The van der Waals surface area contributed by atoms with E-state index in [-0.39, 0.29) is 11.9 Å². The molecule has 0 aliphatic rings. The van der Waals surface area contributed by atoms with Gasteiger partial charge in [0.1, 0.15) is 0 Å². The lowest BCUT2D eigenvalue weighted by Gasteiger charge is -2.30. The molecule has 0 aliphatic carbocycles. The predicted octanol–water partition coefficient (Wildman–Crippen LogP) is 4.69. The van der Waals surface area contributed by atoms with Crippen LogP contribution >= 0.6 is 0 Å². The van der Waals surface area contributed by atoms with Crippen LogP contribution in [0.1, 0.15) is 30.1 Å². The topological polar surface area (TPSA) is 20.3 Å². The molecular formula is C19H21NO. The molecule has 1 atom stereocenters. The highest BCUT2D eigenvalue weighted by Crippen LogP contribution is 2.22. The summed E-state index contributed by atoms with van der Waals surface area (Å²) in [6.45, 7) is 6.03. The minimum absolute atomic E-state index is 0.00473. The number of anilines is 1. The summed E-state index contributed by atoms with van der Waals surface area (Å²) in [6.07, 6.45) is 3.76. The molecule has 2 heteroatoms. The van der Waals surface area contributed by atoms with Gasteiger partial charge in [-0.3, -0.25) is 4.79 Å². The van der Waals surface area contributed by atoms with Crippen molar-refractivity contribution in [1.29, 1.82) is 0 Å². The molecule has 0 fully saturated rings. The Kier molecular flexibility index (Phi) is 5.33. The summed E-state index contributed by atoms with van der Waals surface area (Å²) in [5, 5.41) is 0. The lowest BCUT2D eigenvalue weighted by atomic mass is 10.1. The third kappa shape index (κ3) is 3.60.